The van der Waals surface area contributed by atoms with E-state index in [1.807, 2.05) is 12.1 Å². The fourth-order valence-electron chi connectivity index (χ4n) is 2.36. The highest BCUT2D eigenvalue weighted by molar-refractivity contribution is 5.82. The smallest absolute Gasteiger partial charge is 0.336 e. The Kier molecular flexibility index (Phi) is 4.34. The lowest BCUT2D eigenvalue weighted by Gasteiger charge is -2.28. The summed E-state index contributed by atoms with van der Waals surface area (Å²) < 4.78 is 16.0. The lowest BCUT2D eigenvalue weighted by Crippen LogP contribution is -2.39. The van der Waals surface area contributed by atoms with Gasteiger partial charge in [-0.25, -0.2) is 4.79 Å². The number of fused-ring (bicyclic) bond motifs is 1. The summed E-state index contributed by atoms with van der Waals surface area (Å²) in [7, 11) is 3.09. The van der Waals surface area contributed by atoms with Crippen LogP contribution in [0.15, 0.2) is 33.5 Å². The molecule has 1 aromatic carbocycles. The first-order valence-corrected chi connectivity index (χ1v) is 6.71. The first kappa shape index (κ1) is 15.5. The molecule has 1 atom stereocenters. The first-order valence-electron chi connectivity index (χ1n) is 6.71. The van der Waals surface area contributed by atoms with Crippen LogP contribution in [0.1, 0.15) is 19.4 Å². The van der Waals surface area contributed by atoms with Crippen LogP contribution in [0.25, 0.3) is 11.0 Å². The largest absolute Gasteiger partial charge is 0.496 e. The van der Waals surface area contributed by atoms with Crippen molar-refractivity contribution in [2.75, 3.05) is 14.2 Å². The van der Waals surface area contributed by atoms with Crippen LogP contribution in [0.5, 0.6) is 5.75 Å². The van der Waals surface area contributed by atoms with E-state index >= 15 is 0 Å². The minimum absolute atomic E-state index is 0.369. The van der Waals surface area contributed by atoms with Crippen LogP contribution >= 0.6 is 0 Å². The molecule has 0 saturated heterocycles. The van der Waals surface area contributed by atoms with Gasteiger partial charge in [-0.2, -0.15) is 0 Å². The molecule has 0 aliphatic rings. The summed E-state index contributed by atoms with van der Waals surface area (Å²) in [5.41, 5.74) is -0.277. The topological polar surface area (TPSA) is 68.9 Å². The molecule has 0 saturated carbocycles. The van der Waals surface area contributed by atoms with E-state index in [2.05, 4.69) is 0 Å². The van der Waals surface area contributed by atoms with Gasteiger partial charge in [0.15, 0.2) is 0 Å². The van der Waals surface area contributed by atoms with Gasteiger partial charge in [-0.3, -0.25) is 0 Å². The zero-order valence-electron chi connectivity index (χ0n) is 12.7. The summed E-state index contributed by atoms with van der Waals surface area (Å²) in [6.07, 6.45) is -0.0875. The summed E-state index contributed by atoms with van der Waals surface area (Å²) in [5.74, 6) is 0.600. The zero-order chi connectivity index (χ0) is 15.6. The molecule has 0 amide bonds. The van der Waals surface area contributed by atoms with E-state index < -0.39 is 17.3 Å². The Hall–Kier alpha value is -1.85. The molecule has 1 aromatic heterocycles. The standard InChI is InChI=1S/C16H20O5/c1-16(2,18)13(20-4)9-11-12(19-3)7-5-10-6-8-14(17)21-15(10)11/h5-8,13,18H,9H2,1-4H3/t13-/m1/s1. The Morgan fingerprint density at radius 2 is 1.90 bits per heavy atom. The molecule has 1 heterocycles. The summed E-state index contributed by atoms with van der Waals surface area (Å²) >= 11 is 0. The summed E-state index contributed by atoms with van der Waals surface area (Å²) in [6.45, 7) is 3.35. The number of aliphatic hydroxyl groups is 1. The van der Waals surface area contributed by atoms with E-state index in [9.17, 15) is 9.90 Å². The van der Waals surface area contributed by atoms with Gasteiger partial charge < -0.3 is 19.0 Å². The molecule has 0 radical (unpaired) electrons. The molecule has 0 spiro atoms. The van der Waals surface area contributed by atoms with Crippen molar-refractivity contribution in [3.8, 4) is 5.75 Å². The normalized spacial score (nSPS) is 13.4. The van der Waals surface area contributed by atoms with Crippen molar-refractivity contribution < 1.29 is 19.0 Å². The number of ether oxygens (including phenoxy) is 2. The van der Waals surface area contributed by atoms with Crippen molar-refractivity contribution in [1.29, 1.82) is 0 Å². The lowest BCUT2D eigenvalue weighted by atomic mass is 9.93. The zero-order valence-corrected chi connectivity index (χ0v) is 12.7. The molecule has 0 aliphatic heterocycles. The fraction of sp³-hybridized carbons (Fsp3) is 0.438. The molecule has 0 fully saturated rings. The minimum atomic E-state index is -1.03. The Bertz CT molecular complexity index is 681. The third kappa shape index (κ3) is 3.25. The van der Waals surface area contributed by atoms with Crippen LogP contribution in [0.4, 0.5) is 0 Å². The van der Waals surface area contributed by atoms with E-state index in [1.165, 1.54) is 13.2 Å². The van der Waals surface area contributed by atoms with Crippen molar-refractivity contribution in [2.24, 2.45) is 0 Å². The maximum absolute atomic E-state index is 11.5. The fourth-order valence-corrected chi connectivity index (χ4v) is 2.36. The molecule has 0 aliphatic carbocycles. The molecule has 0 bridgehead atoms. The van der Waals surface area contributed by atoms with Crippen molar-refractivity contribution in [2.45, 2.75) is 32.0 Å². The van der Waals surface area contributed by atoms with Gasteiger partial charge in [-0.05, 0) is 32.0 Å². The molecular weight excluding hydrogens is 272 g/mol. The number of rotatable bonds is 5. The van der Waals surface area contributed by atoms with Crippen molar-refractivity contribution >= 4 is 11.0 Å². The highest BCUT2D eigenvalue weighted by Gasteiger charge is 2.29. The maximum Gasteiger partial charge on any atom is 0.336 e. The highest BCUT2D eigenvalue weighted by atomic mass is 16.5. The van der Waals surface area contributed by atoms with E-state index in [0.717, 1.165) is 5.39 Å². The average molecular weight is 292 g/mol. The SMILES string of the molecule is COc1ccc2ccc(=O)oc2c1C[C@@H](OC)C(C)(C)O. The van der Waals surface area contributed by atoms with Gasteiger partial charge in [0.05, 0.1) is 18.8 Å². The second-order valence-electron chi connectivity index (χ2n) is 5.50. The third-order valence-corrected chi connectivity index (χ3v) is 3.53. The molecule has 1 N–H and O–H groups in total. The van der Waals surface area contributed by atoms with E-state index in [0.29, 0.717) is 23.3 Å². The molecule has 5 heteroatoms. The van der Waals surface area contributed by atoms with Gasteiger partial charge in [-0.1, -0.05) is 0 Å². The minimum Gasteiger partial charge on any atom is -0.496 e. The molecule has 2 aromatic rings. The van der Waals surface area contributed by atoms with Crippen molar-refractivity contribution in [1.82, 2.24) is 0 Å². The predicted octanol–water partition coefficient (Wildman–Crippen LogP) is 2.13. The van der Waals surface area contributed by atoms with Gasteiger partial charge >= 0.3 is 5.63 Å². The van der Waals surface area contributed by atoms with Crippen LogP contribution in [-0.2, 0) is 11.2 Å². The summed E-state index contributed by atoms with van der Waals surface area (Å²) in [6, 6.07) is 6.72. The molecule has 114 valence electrons. The molecule has 21 heavy (non-hydrogen) atoms. The molecular formula is C16H20O5. The van der Waals surface area contributed by atoms with Gasteiger partial charge in [0.2, 0.25) is 0 Å². The van der Waals surface area contributed by atoms with Crippen molar-refractivity contribution in [3.63, 3.8) is 0 Å². The maximum atomic E-state index is 11.5. The second-order valence-corrected chi connectivity index (χ2v) is 5.50. The Morgan fingerprint density at radius 3 is 2.48 bits per heavy atom. The quantitative estimate of drug-likeness (QED) is 0.855. The predicted molar refractivity (Wildman–Crippen MR) is 79.8 cm³/mol. The van der Waals surface area contributed by atoms with E-state index in [-0.39, 0.29) is 0 Å². The Balaban J connectivity index is 2.59. The van der Waals surface area contributed by atoms with Gasteiger partial charge in [0, 0.05) is 30.5 Å². The monoisotopic (exact) mass is 292 g/mol. The van der Waals surface area contributed by atoms with Gasteiger partial charge in [-0.15, -0.1) is 0 Å². The van der Waals surface area contributed by atoms with Crippen LogP contribution in [0.2, 0.25) is 0 Å². The summed E-state index contributed by atoms with van der Waals surface area (Å²) in [4.78, 5) is 11.5. The van der Waals surface area contributed by atoms with E-state index in [1.54, 1.807) is 27.0 Å². The van der Waals surface area contributed by atoms with Crippen LogP contribution < -0.4 is 10.4 Å². The third-order valence-electron chi connectivity index (χ3n) is 3.53. The molecule has 2 rings (SSSR count). The van der Waals surface area contributed by atoms with Crippen LogP contribution in [0, 0.1) is 0 Å². The average Bonchev–Trinajstić information content (AvgIpc) is 2.43. The van der Waals surface area contributed by atoms with Crippen LogP contribution in [-0.4, -0.2) is 31.0 Å². The Morgan fingerprint density at radius 1 is 1.24 bits per heavy atom. The number of benzene rings is 1. The van der Waals surface area contributed by atoms with Gasteiger partial charge in [0.25, 0.3) is 0 Å². The van der Waals surface area contributed by atoms with Crippen molar-refractivity contribution in [3.05, 3.63) is 40.2 Å². The highest BCUT2D eigenvalue weighted by Crippen LogP contribution is 2.30. The van der Waals surface area contributed by atoms with E-state index in [4.69, 9.17) is 13.9 Å². The lowest BCUT2D eigenvalue weighted by molar-refractivity contribution is -0.0689. The molecule has 5 nitrogen and oxygen atoms in total. The summed E-state index contributed by atoms with van der Waals surface area (Å²) in [5, 5.41) is 11.0. The number of hydrogen-bond donors (Lipinski definition) is 1. The number of hydrogen-bond acceptors (Lipinski definition) is 5. The first-order chi connectivity index (χ1) is 9.86. The van der Waals surface area contributed by atoms with Crippen LogP contribution in [0.3, 0.4) is 0 Å². The second kappa shape index (κ2) is 5.87. The molecule has 0 unspecified atom stereocenters. The van der Waals surface area contributed by atoms with Gasteiger partial charge in [0.1, 0.15) is 11.3 Å². The number of methoxy groups -OCH3 is 2. The Labute approximate surface area is 123 Å².